The molecule has 1 fully saturated rings. The van der Waals surface area contributed by atoms with Gasteiger partial charge in [-0.2, -0.15) is 0 Å². The van der Waals surface area contributed by atoms with Gasteiger partial charge in [-0.3, -0.25) is 4.79 Å². The van der Waals surface area contributed by atoms with E-state index in [1.54, 1.807) is 0 Å². The molecule has 2 N–H and O–H groups in total. The summed E-state index contributed by atoms with van der Waals surface area (Å²) in [4.78, 5) is 13.8. The van der Waals surface area contributed by atoms with E-state index in [2.05, 4.69) is 19.1 Å². The summed E-state index contributed by atoms with van der Waals surface area (Å²) in [5.74, 6) is 1.07. The van der Waals surface area contributed by atoms with Gasteiger partial charge in [-0.05, 0) is 26.0 Å². The molecule has 118 valence electrons. The fourth-order valence-electron chi connectivity index (χ4n) is 2.44. The average Bonchev–Trinajstić information content (AvgIpc) is 2.41. The summed E-state index contributed by atoms with van der Waals surface area (Å²) in [6.07, 6.45) is 2.41. The Hall–Kier alpha value is -1.26. The SMILES string of the molecule is Cc1ccc(OC2CCN(C(=O)CC(C)N)CC2)cc1.Cl. The monoisotopic (exact) mass is 312 g/mol. The molecule has 0 saturated carbocycles. The van der Waals surface area contributed by atoms with Crippen LogP contribution in [0.1, 0.15) is 31.7 Å². The van der Waals surface area contributed by atoms with Crippen molar-refractivity contribution in [3.05, 3.63) is 29.8 Å². The van der Waals surface area contributed by atoms with Crippen LogP contribution in [0.5, 0.6) is 5.75 Å². The van der Waals surface area contributed by atoms with Gasteiger partial charge >= 0.3 is 0 Å². The molecule has 1 saturated heterocycles. The van der Waals surface area contributed by atoms with Gasteiger partial charge in [0.2, 0.25) is 5.91 Å². The first-order valence-corrected chi connectivity index (χ1v) is 7.31. The van der Waals surface area contributed by atoms with Gasteiger partial charge in [0.1, 0.15) is 11.9 Å². The van der Waals surface area contributed by atoms with Crippen molar-refractivity contribution in [2.75, 3.05) is 13.1 Å². The molecule has 0 aromatic heterocycles. The molecular weight excluding hydrogens is 288 g/mol. The molecule has 0 spiro atoms. The number of carbonyl (C=O) groups is 1. The number of amides is 1. The number of rotatable bonds is 4. The highest BCUT2D eigenvalue weighted by Crippen LogP contribution is 2.20. The molecule has 4 nitrogen and oxygen atoms in total. The lowest BCUT2D eigenvalue weighted by Crippen LogP contribution is -2.43. The number of hydrogen-bond donors (Lipinski definition) is 1. The molecule has 1 amide bonds. The Morgan fingerprint density at radius 3 is 2.43 bits per heavy atom. The van der Waals surface area contributed by atoms with Crippen LogP contribution >= 0.6 is 12.4 Å². The highest BCUT2D eigenvalue weighted by molar-refractivity contribution is 5.85. The number of nitrogens with two attached hydrogens (primary N) is 1. The van der Waals surface area contributed by atoms with Gasteiger partial charge in [0.05, 0.1) is 0 Å². The summed E-state index contributed by atoms with van der Waals surface area (Å²) in [6.45, 7) is 5.46. The van der Waals surface area contributed by atoms with Crippen LogP contribution in [0.25, 0.3) is 0 Å². The topological polar surface area (TPSA) is 55.6 Å². The minimum atomic E-state index is -0.0657. The van der Waals surface area contributed by atoms with Crippen molar-refractivity contribution in [2.24, 2.45) is 5.73 Å². The minimum absolute atomic E-state index is 0. The van der Waals surface area contributed by atoms with Crippen molar-refractivity contribution in [1.29, 1.82) is 0 Å². The van der Waals surface area contributed by atoms with E-state index in [1.165, 1.54) is 5.56 Å². The minimum Gasteiger partial charge on any atom is -0.490 e. The lowest BCUT2D eigenvalue weighted by molar-refractivity contribution is -0.133. The van der Waals surface area contributed by atoms with E-state index in [9.17, 15) is 4.79 Å². The van der Waals surface area contributed by atoms with E-state index < -0.39 is 0 Å². The summed E-state index contributed by atoms with van der Waals surface area (Å²) < 4.78 is 5.96. The average molecular weight is 313 g/mol. The van der Waals surface area contributed by atoms with Crippen molar-refractivity contribution in [1.82, 2.24) is 4.90 Å². The number of likely N-dealkylation sites (tertiary alicyclic amines) is 1. The molecule has 0 aliphatic carbocycles. The predicted octanol–water partition coefficient (Wildman–Crippen LogP) is 2.52. The molecule has 1 heterocycles. The number of carbonyl (C=O) groups excluding carboxylic acids is 1. The zero-order valence-electron chi connectivity index (χ0n) is 12.7. The third-order valence-corrected chi connectivity index (χ3v) is 3.62. The van der Waals surface area contributed by atoms with E-state index >= 15 is 0 Å². The number of benzene rings is 1. The zero-order valence-corrected chi connectivity index (χ0v) is 13.6. The van der Waals surface area contributed by atoms with Gasteiger partial charge in [0.25, 0.3) is 0 Å². The highest BCUT2D eigenvalue weighted by Gasteiger charge is 2.24. The summed E-state index contributed by atoms with van der Waals surface area (Å²) in [6, 6.07) is 8.04. The number of halogens is 1. The fourth-order valence-corrected chi connectivity index (χ4v) is 2.44. The van der Waals surface area contributed by atoms with Crippen LogP contribution in [0.15, 0.2) is 24.3 Å². The van der Waals surface area contributed by atoms with Gasteiger partial charge in [-0.1, -0.05) is 17.7 Å². The molecular formula is C16H25ClN2O2. The van der Waals surface area contributed by atoms with Crippen LogP contribution in [-0.4, -0.2) is 36.0 Å². The van der Waals surface area contributed by atoms with E-state index in [0.717, 1.165) is 31.7 Å². The first-order chi connectivity index (χ1) is 9.54. The Labute approximate surface area is 133 Å². The summed E-state index contributed by atoms with van der Waals surface area (Å²) in [5.41, 5.74) is 6.90. The molecule has 2 rings (SSSR count). The Balaban J connectivity index is 0.00000220. The van der Waals surface area contributed by atoms with E-state index in [0.29, 0.717) is 6.42 Å². The van der Waals surface area contributed by atoms with Crippen LogP contribution in [0, 0.1) is 6.92 Å². The molecule has 1 aromatic carbocycles. The van der Waals surface area contributed by atoms with Crippen molar-refractivity contribution >= 4 is 18.3 Å². The second-order valence-electron chi connectivity index (χ2n) is 5.69. The van der Waals surface area contributed by atoms with Crippen LogP contribution in [0.3, 0.4) is 0 Å². The maximum Gasteiger partial charge on any atom is 0.224 e. The van der Waals surface area contributed by atoms with Gasteiger partial charge in [-0.25, -0.2) is 0 Å². The zero-order chi connectivity index (χ0) is 14.5. The number of piperidine rings is 1. The number of aryl methyl sites for hydroxylation is 1. The third kappa shape index (κ3) is 5.56. The molecule has 0 bridgehead atoms. The first-order valence-electron chi connectivity index (χ1n) is 7.31. The smallest absolute Gasteiger partial charge is 0.224 e. The van der Waals surface area contributed by atoms with E-state index in [1.807, 2.05) is 24.0 Å². The Kier molecular flexibility index (Phi) is 6.99. The summed E-state index contributed by atoms with van der Waals surface area (Å²) >= 11 is 0. The maximum absolute atomic E-state index is 11.9. The van der Waals surface area contributed by atoms with Crippen LogP contribution in [0.4, 0.5) is 0 Å². The van der Waals surface area contributed by atoms with Crippen LogP contribution < -0.4 is 10.5 Å². The van der Waals surface area contributed by atoms with E-state index in [4.69, 9.17) is 10.5 Å². The summed E-state index contributed by atoms with van der Waals surface area (Å²) in [7, 11) is 0. The fraction of sp³-hybridized carbons (Fsp3) is 0.562. The molecule has 1 atom stereocenters. The number of nitrogens with zero attached hydrogens (tertiary/aromatic N) is 1. The first kappa shape index (κ1) is 17.8. The molecule has 5 heteroatoms. The van der Waals surface area contributed by atoms with Crippen molar-refractivity contribution in [2.45, 2.75) is 45.3 Å². The molecule has 21 heavy (non-hydrogen) atoms. The predicted molar refractivity (Wildman–Crippen MR) is 86.9 cm³/mol. The quantitative estimate of drug-likeness (QED) is 0.929. The van der Waals surface area contributed by atoms with Gasteiger partial charge in [0.15, 0.2) is 0 Å². The Bertz CT molecular complexity index is 440. The lowest BCUT2D eigenvalue weighted by Gasteiger charge is -2.32. The van der Waals surface area contributed by atoms with Crippen LogP contribution in [0.2, 0.25) is 0 Å². The third-order valence-electron chi connectivity index (χ3n) is 3.62. The van der Waals surface area contributed by atoms with Crippen LogP contribution in [-0.2, 0) is 4.79 Å². The summed E-state index contributed by atoms with van der Waals surface area (Å²) in [5, 5.41) is 0. The molecule has 1 unspecified atom stereocenters. The molecule has 1 aromatic rings. The Morgan fingerprint density at radius 2 is 1.90 bits per heavy atom. The maximum atomic E-state index is 11.9. The molecule has 1 aliphatic rings. The number of hydrogen-bond acceptors (Lipinski definition) is 3. The molecule has 1 aliphatic heterocycles. The molecule has 0 radical (unpaired) electrons. The van der Waals surface area contributed by atoms with Gasteiger partial charge < -0.3 is 15.4 Å². The second-order valence-corrected chi connectivity index (χ2v) is 5.69. The van der Waals surface area contributed by atoms with E-state index in [-0.39, 0.29) is 30.5 Å². The van der Waals surface area contributed by atoms with Gasteiger partial charge in [0, 0.05) is 38.4 Å². The second kappa shape index (κ2) is 8.25. The Morgan fingerprint density at radius 1 is 1.33 bits per heavy atom. The van der Waals surface area contributed by atoms with Crippen molar-refractivity contribution in [3.63, 3.8) is 0 Å². The normalized spacial score (nSPS) is 17.0. The highest BCUT2D eigenvalue weighted by atomic mass is 35.5. The van der Waals surface area contributed by atoms with Gasteiger partial charge in [-0.15, -0.1) is 12.4 Å². The van der Waals surface area contributed by atoms with Crippen molar-refractivity contribution < 1.29 is 9.53 Å². The standard InChI is InChI=1S/C16H24N2O2.ClH/c1-12-3-5-14(6-4-12)20-15-7-9-18(10-8-15)16(19)11-13(2)17;/h3-6,13,15H,7-11,17H2,1-2H3;1H. The lowest BCUT2D eigenvalue weighted by atomic mass is 10.1. The van der Waals surface area contributed by atoms with Crippen molar-refractivity contribution in [3.8, 4) is 5.75 Å². The largest absolute Gasteiger partial charge is 0.490 e. The number of ether oxygens (including phenoxy) is 1.